The highest BCUT2D eigenvalue weighted by Crippen LogP contribution is 2.30. The van der Waals surface area contributed by atoms with Crippen molar-refractivity contribution in [3.8, 4) is 0 Å². The third kappa shape index (κ3) is 6.84. The van der Waals surface area contributed by atoms with Crippen molar-refractivity contribution in [3.63, 3.8) is 0 Å². The Morgan fingerprint density at radius 3 is 2.13 bits per heavy atom. The van der Waals surface area contributed by atoms with Crippen molar-refractivity contribution in [3.05, 3.63) is 59.7 Å². The molecule has 0 aromatic heterocycles. The Hall–Kier alpha value is -2.82. The third-order valence-corrected chi connectivity index (χ3v) is 5.31. The van der Waals surface area contributed by atoms with Gasteiger partial charge in [-0.3, -0.25) is 9.59 Å². The first-order chi connectivity index (χ1) is 14.6. The van der Waals surface area contributed by atoms with Crippen molar-refractivity contribution >= 4 is 23.2 Å². The number of benzene rings is 2. The largest absolute Gasteiger partial charge is 0.377 e. The zero-order valence-electron chi connectivity index (χ0n) is 20.0. The normalized spacial score (nSPS) is 12.0. The summed E-state index contributed by atoms with van der Waals surface area (Å²) in [6.07, 6.45) is 0.480. The zero-order valence-corrected chi connectivity index (χ0v) is 20.0. The molecule has 0 unspecified atom stereocenters. The summed E-state index contributed by atoms with van der Waals surface area (Å²) in [5, 5.41) is 3.01. The fourth-order valence-corrected chi connectivity index (χ4v) is 3.64. The molecule has 5 heteroatoms. The Balaban J connectivity index is 2.40. The van der Waals surface area contributed by atoms with Crippen LogP contribution in [0.1, 0.15) is 58.2 Å². The van der Waals surface area contributed by atoms with Gasteiger partial charge in [0.25, 0.3) is 0 Å². The van der Waals surface area contributed by atoms with E-state index in [1.807, 2.05) is 88.0 Å². The Kier molecular flexibility index (Phi) is 8.66. The van der Waals surface area contributed by atoms with Gasteiger partial charge < -0.3 is 15.1 Å². The topological polar surface area (TPSA) is 52.7 Å². The fourth-order valence-electron chi connectivity index (χ4n) is 3.64. The van der Waals surface area contributed by atoms with Crippen LogP contribution >= 0.6 is 0 Å². The molecule has 0 bridgehead atoms. The lowest BCUT2D eigenvalue weighted by Crippen LogP contribution is -2.36. The summed E-state index contributed by atoms with van der Waals surface area (Å²) in [6, 6.07) is 16.0. The van der Waals surface area contributed by atoms with E-state index in [0.717, 1.165) is 22.5 Å². The second kappa shape index (κ2) is 11.0. The van der Waals surface area contributed by atoms with Crippen LogP contribution in [0.15, 0.2) is 48.5 Å². The lowest BCUT2D eigenvalue weighted by molar-refractivity contribution is -0.137. The number of carbonyl (C=O) groups is 2. The molecule has 0 aliphatic rings. The van der Waals surface area contributed by atoms with Crippen LogP contribution in [0.3, 0.4) is 0 Å². The lowest BCUT2D eigenvalue weighted by atomic mass is 10.0. The molecule has 5 nitrogen and oxygen atoms in total. The summed E-state index contributed by atoms with van der Waals surface area (Å²) in [5.74, 6) is 0.302. The number of carbonyl (C=O) groups excluding carboxylic acids is 2. The number of hydrogen-bond acceptors (Lipinski definition) is 3. The first-order valence-corrected chi connectivity index (χ1v) is 11.1. The number of rotatable bonds is 9. The minimum atomic E-state index is -0.108. The molecule has 168 valence electrons. The maximum Gasteiger partial charge on any atom is 0.225 e. The number of hydrogen-bond donors (Lipinski definition) is 1. The van der Waals surface area contributed by atoms with Gasteiger partial charge in [0.2, 0.25) is 11.8 Å². The summed E-state index contributed by atoms with van der Waals surface area (Å²) in [6.45, 7) is 10.5. The maximum atomic E-state index is 13.2. The van der Waals surface area contributed by atoms with Crippen molar-refractivity contribution < 1.29 is 9.59 Å². The highest BCUT2D eigenvalue weighted by Gasteiger charge is 2.25. The van der Waals surface area contributed by atoms with Crippen LogP contribution in [0, 0.1) is 11.8 Å². The second-order valence-corrected chi connectivity index (χ2v) is 9.09. The first kappa shape index (κ1) is 24.4. The van der Waals surface area contributed by atoms with Gasteiger partial charge in [-0.25, -0.2) is 0 Å². The molecule has 0 radical (unpaired) electrons. The molecular formula is C26H37N3O2. The van der Waals surface area contributed by atoms with Crippen molar-refractivity contribution in [2.45, 2.75) is 53.6 Å². The summed E-state index contributed by atoms with van der Waals surface area (Å²) in [4.78, 5) is 29.4. The van der Waals surface area contributed by atoms with Gasteiger partial charge in [-0.2, -0.15) is 0 Å². The fraction of sp³-hybridized carbons (Fsp3) is 0.462. The first-order valence-electron chi connectivity index (χ1n) is 11.1. The van der Waals surface area contributed by atoms with Gasteiger partial charge in [-0.1, -0.05) is 58.0 Å². The van der Waals surface area contributed by atoms with E-state index in [1.165, 1.54) is 0 Å². The van der Waals surface area contributed by atoms with Gasteiger partial charge in [0.15, 0.2) is 0 Å². The SMILES string of the molecule is CC(C)CC(=O)Nc1ccc(N(C)C)c(CN(C(=O)C(C)C)[C@H](C)c2ccccc2)c1. The van der Waals surface area contributed by atoms with Gasteiger partial charge in [-0.05, 0) is 42.2 Å². The molecule has 0 aliphatic carbocycles. The zero-order chi connectivity index (χ0) is 23.1. The van der Waals surface area contributed by atoms with E-state index < -0.39 is 0 Å². The number of amides is 2. The molecular weight excluding hydrogens is 386 g/mol. The number of nitrogens with zero attached hydrogens (tertiary/aromatic N) is 2. The van der Waals surface area contributed by atoms with Gasteiger partial charge >= 0.3 is 0 Å². The Morgan fingerprint density at radius 1 is 0.935 bits per heavy atom. The smallest absolute Gasteiger partial charge is 0.225 e. The van der Waals surface area contributed by atoms with Crippen molar-refractivity contribution in [1.82, 2.24) is 4.90 Å². The van der Waals surface area contributed by atoms with Crippen LogP contribution in [0.5, 0.6) is 0 Å². The molecule has 0 fully saturated rings. The van der Waals surface area contributed by atoms with Crippen LogP contribution in [0.4, 0.5) is 11.4 Å². The lowest BCUT2D eigenvalue weighted by Gasteiger charge is -2.33. The molecule has 1 atom stereocenters. The average molecular weight is 424 g/mol. The van der Waals surface area contributed by atoms with Gasteiger partial charge in [0, 0.05) is 44.4 Å². The average Bonchev–Trinajstić information content (AvgIpc) is 2.70. The van der Waals surface area contributed by atoms with Crippen molar-refractivity contribution in [1.29, 1.82) is 0 Å². The van der Waals surface area contributed by atoms with E-state index in [-0.39, 0.29) is 23.8 Å². The number of anilines is 2. The van der Waals surface area contributed by atoms with Gasteiger partial charge in [-0.15, -0.1) is 0 Å². The Labute approximate surface area is 187 Å². The van der Waals surface area contributed by atoms with Gasteiger partial charge in [0.05, 0.1) is 6.04 Å². The molecule has 0 saturated heterocycles. The van der Waals surface area contributed by atoms with Crippen molar-refractivity contribution in [2.75, 3.05) is 24.3 Å². The Morgan fingerprint density at radius 2 is 1.58 bits per heavy atom. The molecule has 0 aliphatic heterocycles. The predicted octanol–water partition coefficient (Wildman–Crippen LogP) is 5.48. The van der Waals surface area contributed by atoms with E-state index in [0.29, 0.717) is 18.9 Å². The van der Waals surface area contributed by atoms with Crippen LogP contribution in [0.2, 0.25) is 0 Å². The Bertz CT molecular complexity index is 875. The van der Waals surface area contributed by atoms with E-state index >= 15 is 0 Å². The molecule has 2 aromatic rings. The van der Waals surface area contributed by atoms with E-state index in [1.54, 1.807) is 0 Å². The second-order valence-electron chi connectivity index (χ2n) is 9.09. The predicted molar refractivity (Wildman–Crippen MR) is 129 cm³/mol. The van der Waals surface area contributed by atoms with Crippen LogP contribution in [0.25, 0.3) is 0 Å². The van der Waals surface area contributed by atoms with E-state index in [2.05, 4.69) is 24.4 Å². The molecule has 31 heavy (non-hydrogen) atoms. The third-order valence-electron chi connectivity index (χ3n) is 5.31. The molecule has 2 amide bonds. The molecule has 2 aromatic carbocycles. The standard InChI is InChI=1S/C26H37N3O2/c1-18(2)15-25(30)27-23-13-14-24(28(6)7)22(16-23)17-29(26(31)19(3)4)20(5)21-11-9-8-10-12-21/h8-14,16,18-20H,15,17H2,1-7H3,(H,27,30)/t20-/m1/s1. The van der Waals surface area contributed by atoms with Crippen LogP contribution in [-0.2, 0) is 16.1 Å². The highest BCUT2D eigenvalue weighted by atomic mass is 16.2. The molecule has 0 spiro atoms. The molecule has 0 saturated carbocycles. The number of nitrogens with one attached hydrogen (secondary N) is 1. The summed E-state index contributed by atoms with van der Waals surface area (Å²) in [5.41, 5.74) is 3.90. The summed E-state index contributed by atoms with van der Waals surface area (Å²) in [7, 11) is 3.98. The quantitative estimate of drug-likeness (QED) is 0.581. The molecule has 1 N–H and O–H groups in total. The van der Waals surface area contributed by atoms with Crippen molar-refractivity contribution in [2.24, 2.45) is 11.8 Å². The summed E-state index contributed by atoms with van der Waals surface area (Å²) < 4.78 is 0. The summed E-state index contributed by atoms with van der Waals surface area (Å²) >= 11 is 0. The maximum absolute atomic E-state index is 13.2. The van der Waals surface area contributed by atoms with Gasteiger partial charge in [0.1, 0.15) is 0 Å². The molecule has 0 heterocycles. The monoisotopic (exact) mass is 423 g/mol. The molecule has 2 rings (SSSR count). The minimum Gasteiger partial charge on any atom is -0.377 e. The van der Waals surface area contributed by atoms with Crippen LogP contribution in [-0.4, -0.2) is 30.8 Å². The van der Waals surface area contributed by atoms with E-state index in [9.17, 15) is 9.59 Å². The van der Waals surface area contributed by atoms with Crippen LogP contribution < -0.4 is 10.2 Å². The minimum absolute atomic E-state index is 0.00585. The van der Waals surface area contributed by atoms with E-state index in [4.69, 9.17) is 0 Å². The highest BCUT2D eigenvalue weighted by molar-refractivity contribution is 5.91.